The predicted octanol–water partition coefficient (Wildman–Crippen LogP) is 7.23. The summed E-state index contributed by atoms with van der Waals surface area (Å²) in [4.78, 5) is 8.02. The van der Waals surface area contributed by atoms with Crippen molar-refractivity contribution in [3.63, 3.8) is 0 Å². The van der Waals surface area contributed by atoms with E-state index in [-0.39, 0.29) is 12.8 Å². The molecule has 3 aromatic rings. The van der Waals surface area contributed by atoms with Crippen molar-refractivity contribution in [2.45, 2.75) is 20.3 Å². The maximum absolute atomic E-state index is 12.7. The summed E-state index contributed by atoms with van der Waals surface area (Å²) in [6.07, 6.45) is 2.23. The van der Waals surface area contributed by atoms with Gasteiger partial charge in [0, 0.05) is 28.4 Å². The molecule has 1 aromatic heterocycles. The summed E-state index contributed by atoms with van der Waals surface area (Å²) >= 11 is 6.00. The van der Waals surface area contributed by atoms with Gasteiger partial charge in [-0.15, -0.1) is 0 Å². The van der Waals surface area contributed by atoms with Crippen LogP contribution >= 0.6 is 19.2 Å². The molecule has 0 saturated carbocycles. The van der Waals surface area contributed by atoms with Crippen LogP contribution in [-0.2, 0) is 13.6 Å². The summed E-state index contributed by atoms with van der Waals surface area (Å²) < 4.78 is 34.8. The maximum Gasteiger partial charge on any atom is 0.330 e. The molecule has 1 N–H and O–H groups in total. The van der Waals surface area contributed by atoms with E-state index in [0.717, 1.165) is 5.69 Å². The second kappa shape index (κ2) is 12.0. The Morgan fingerprint density at radius 2 is 1.82 bits per heavy atom. The van der Waals surface area contributed by atoms with Gasteiger partial charge in [0.25, 0.3) is 0 Å². The Balaban J connectivity index is 1.87. The summed E-state index contributed by atoms with van der Waals surface area (Å²) in [5, 5.41) is 4.62. The number of pyridine rings is 1. The molecule has 0 amide bonds. The molecule has 0 saturated heterocycles. The average molecular weight is 504 g/mol. The normalized spacial score (nSPS) is 11.3. The minimum atomic E-state index is -3.13. The Labute approximate surface area is 204 Å². The first kappa shape index (κ1) is 25.8. The summed E-state index contributed by atoms with van der Waals surface area (Å²) in [6.45, 7) is 12.0. The lowest BCUT2D eigenvalue weighted by Crippen LogP contribution is -2.06. The predicted molar refractivity (Wildman–Crippen MR) is 135 cm³/mol. The molecule has 3 rings (SSSR count). The van der Waals surface area contributed by atoms with Gasteiger partial charge in [-0.3, -0.25) is 9.55 Å². The number of halogens is 1. The van der Waals surface area contributed by atoms with Crippen LogP contribution in [0.3, 0.4) is 0 Å². The quantitative estimate of drug-likeness (QED) is 0.158. The number of hydrogen-bond donors (Lipinski definition) is 1. The van der Waals surface area contributed by atoms with Crippen LogP contribution in [0.4, 0.5) is 17.1 Å². The van der Waals surface area contributed by atoms with Gasteiger partial charge in [-0.1, -0.05) is 11.6 Å². The van der Waals surface area contributed by atoms with Crippen molar-refractivity contribution in [2.24, 2.45) is 0 Å². The molecular formula is C24H27ClN3O5P. The maximum atomic E-state index is 12.7. The van der Waals surface area contributed by atoms with E-state index in [2.05, 4.69) is 15.1 Å². The van der Waals surface area contributed by atoms with Gasteiger partial charge in [-0.05, 0) is 50.6 Å². The summed E-state index contributed by atoms with van der Waals surface area (Å²) in [7, 11) is -1.59. The van der Waals surface area contributed by atoms with Gasteiger partial charge in [0.05, 0.1) is 50.9 Å². The van der Waals surface area contributed by atoms with Gasteiger partial charge < -0.3 is 23.8 Å². The van der Waals surface area contributed by atoms with Crippen molar-refractivity contribution in [1.29, 1.82) is 0 Å². The third kappa shape index (κ3) is 6.40. The van der Waals surface area contributed by atoms with Crippen molar-refractivity contribution >= 4 is 47.2 Å². The zero-order valence-corrected chi connectivity index (χ0v) is 21.0. The standard InChI is InChI=1S/C24H27ClN3O5P/c1-5-32-34(29,33-6-2)13-7-12-31-23-14-19-20(15-22(23)30-4)27-16-21(26-3)24(19)28-18-10-8-17(25)9-11-18/h8-11,14-16H,5-7,12-13H2,1-2,4H3,(H,27,28). The fourth-order valence-electron chi connectivity index (χ4n) is 3.36. The number of nitrogens with zero attached hydrogens (tertiary/aromatic N) is 2. The highest BCUT2D eigenvalue weighted by molar-refractivity contribution is 7.53. The van der Waals surface area contributed by atoms with E-state index in [1.165, 1.54) is 6.20 Å². The number of rotatable bonds is 12. The number of ether oxygens (including phenoxy) is 2. The van der Waals surface area contributed by atoms with Crippen molar-refractivity contribution in [1.82, 2.24) is 4.98 Å². The topological polar surface area (TPSA) is 83.3 Å². The number of nitrogens with one attached hydrogen (secondary N) is 1. The highest BCUT2D eigenvalue weighted by atomic mass is 35.5. The number of benzene rings is 2. The minimum absolute atomic E-state index is 0.247. The van der Waals surface area contributed by atoms with Crippen LogP contribution < -0.4 is 14.8 Å². The summed E-state index contributed by atoms with van der Waals surface area (Å²) in [6, 6.07) is 10.8. The smallest absolute Gasteiger partial charge is 0.330 e. The van der Waals surface area contributed by atoms with Crippen molar-refractivity contribution in [3.8, 4) is 11.5 Å². The van der Waals surface area contributed by atoms with Gasteiger partial charge in [0.15, 0.2) is 11.5 Å². The molecule has 1 heterocycles. The first-order chi connectivity index (χ1) is 16.4. The van der Waals surface area contributed by atoms with Crippen LogP contribution in [-0.4, -0.2) is 38.1 Å². The van der Waals surface area contributed by atoms with Crippen LogP contribution in [0.1, 0.15) is 20.3 Å². The summed E-state index contributed by atoms with van der Waals surface area (Å²) in [5.74, 6) is 0.992. The van der Waals surface area contributed by atoms with Crippen LogP contribution in [0.15, 0.2) is 42.6 Å². The second-order valence-electron chi connectivity index (χ2n) is 7.15. The number of anilines is 2. The van der Waals surface area contributed by atoms with E-state index in [9.17, 15) is 4.57 Å². The van der Waals surface area contributed by atoms with Gasteiger partial charge in [-0.2, -0.15) is 0 Å². The first-order valence-electron chi connectivity index (χ1n) is 10.8. The fraction of sp³-hybridized carbons (Fsp3) is 0.333. The minimum Gasteiger partial charge on any atom is -0.493 e. The SMILES string of the molecule is [C-]#[N+]c1cnc2cc(OC)c(OCCCP(=O)(OCC)OCC)cc2c1Nc1ccc(Cl)cc1. The molecule has 0 aliphatic rings. The molecule has 10 heteroatoms. The number of methoxy groups -OCH3 is 1. The van der Waals surface area contributed by atoms with Crippen molar-refractivity contribution in [3.05, 3.63) is 59.0 Å². The van der Waals surface area contributed by atoms with Gasteiger partial charge >= 0.3 is 7.60 Å². The molecule has 0 fully saturated rings. The number of aromatic nitrogens is 1. The van der Waals surface area contributed by atoms with E-state index in [1.807, 2.05) is 12.1 Å². The lowest BCUT2D eigenvalue weighted by molar-refractivity contribution is 0.216. The molecule has 0 radical (unpaired) electrons. The molecule has 0 unspecified atom stereocenters. The Morgan fingerprint density at radius 1 is 1.12 bits per heavy atom. The average Bonchev–Trinajstić information content (AvgIpc) is 2.83. The molecule has 0 bridgehead atoms. The second-order valence-corrected chi connectivity index (χ2v) is 9.78. The van der Waals surface area contributed by atoms with Gasteiger partial charge in [0.1, 0.15) is 0 Å². The Hall–Kier alpha value is -2.82. The molecule has 34 heavy (non-hydrogen) atoms. The van der Waals surface area contributed by atoms with Gasteiger partial charge in [-0.25, -0.2) is 4.85 Å². The molecule has 0 spiro atoms. The highest BCUT2D eigenvalue weighted by Crippen LogP contribution is 2.48. The van der Waals surface area contributed by atoms with E-state index < -0.39 is 7.60 Å². The Kier molecular flexibility index (Phi) is 9.14. The van der Waals surface area contributed by atoms with Crippen LogP contribution in [0.5, 0.6) is 11.5 Å². The zero-order chi connectivity index (χ0) is 24.6. The van der Waals surface area contributed by atoms with Crippen molar-refractivity contribution < 1.29 is 23.1 Å². The molecule has 0 atom stereocenters. The molecule has 0 aliphatic carbocycles. The molecule has 0 aliphatic heterocycles. The van der Waals surface area contributed by atoms with Crippen LogP contribution in [0.25, 0.3) is 15.7 Å². The first-order valence-corrected chi connectivity index (χ1v) is 12.9. The van der Waals surface area contributed by atoms with Gasteiger partial charge in [0.2, 0.25) is 5.69 Å². The molecular weight excluding hydrogens is 477 g/mol. The third-order valence-electron chi connectivity index (χ3n) is 4.85. The van der Waals surface area contributed by atoms with Crippen molar-refractivity contribution in [2.75, 3.05) is 38.4 Å². The lowest BCUT2D eigenvalue weighted by Gasteiger charge is -2.18. The van der Waals surface area contributed by atoms with Crippen LogP contribution in [0.2, 0.25) is 5.02 Å². The van der Waals surface area contributed by atoms with E-state index in [1.54, 1.807) is 45.2 Å². The molecule has 2 aromatic carbocycles. The molecule has 8 nitrogen and oxygen atoms in total. The number of fused-ring (bicyclic) bond motifs is 1. The van der Waals surface area contributed by atoms with E-state index >= 15 is 0 Å². The third-order valence-corrected chi connectivity index (χ3v) is 7.27. The summed E-state index contributed by atoms with van der Waals surface area (Å²) in [5.41, 5.74) is 2.40. The Morgan fingerprint density at radius 3 is 2.44 bits per heavy atom. The fourth-order valence-corrected chi connectivity index (χ4v) is 5.12. The van der Waals surface area contributed by atoms with Crippen LogP contribution in [0, 0.1) is 6.57 Å². The van der Waals surface area contributed by atoms with E-state index in [4.69, 9.17) is 36.7 Å². The van der Waals surface area contributed by atoms with E-state index in [0.29, 0.717) is 58.4 Å². The molecule has 180 valence electrons. The highest BCUT2D eigenvalue weighted by Gasteiger charge is 2.23. The largest absolute Gasteiger partial charge is 0.493 e. The zero-order valence-electron chi connectivity index (χ0n) is 19.3. The monoisotopic (exact) mass is 503 g/mol. The number of hydrogen-bond acceptors (Lipinski definition) is 7. The Bertz CT molecular complexity index is 1200. The lowest BCUT2D eigenvalue weighted by atomic mass is 10.1.